The van der Waals surface area contributed by atoms with Crippen LogP contribution in [0.3, 0.4) is 0 Å². The van der Waals surface area contributed by atoms with Crippen molar-refractivity contribution in [1.82, 2.24) is 0 Å². The molecule has 0 rings (SSSR count). The van der Waals surface area contributed by atoms with Crippen LogP contribution in [-0.2, 0) is 24.9 Å². The summed E-state index contributed by atoms with van der Waals surface area (Å²) in [6.45, 7) is 0. The van der Waals surface area contributed by atoms with E-state index < -0.39 is 13.9 Å². The molecule has 0 fully saturated rings. The third kappa shape index (κ3) is 46.8. The van der Waals surface area contributed by atoms with Crippen molar-refractivity contribution in [2.45, 2.75) is 0 Å². The Labute approximate surface area is 80.9 Å². The number of hydrogen-bond donors (Lipinski definition) is 0. The van der Waals surface area contributed by atoms with Gasteiger partial charge in [0.25, 0.3) is 0 Å². The SMILES string of the molecule is [Cl][Hg].[Cl][Sn]([Cl])([Cl])[Cl]. The van der Waals surface area contributed by atoms with Crippen molar-refractivity contribution in [2.24, 2.45) is 0 Å². The Morgan fingerprint density at radius 1 is 0.857 bits per heavy atom. The van der Waals surface area contributed by atoms with Gasteiger partial charge in [-0.05, 0) is 0 Å². The van der Waals surface area contributed by atoms with Crippen LogP contribution in [0.1, 0.15) is 0 Å². The molecule has 0 radical (unpaired) electrons. The Bertz CT molecular complexity index is 23.6. The van der Waals surface area contributed by atoms with Crippen LogP contribution in [0.25, 0.3) is 0 Å². The second-order valence-electron chi connectivity index (χ2n) is 0.429. The van der Waals surface area contributed by atoms with Crippen LogP contribution >= 0.6 is 43.9 Å². The predicted octanol–water partition coefficient (Wildman–Crippen LogP) is 3.06. The van der Waals surface area contributed by atoms with Crippen molar-refractivity contribution in [3.63, 3.8) is 0 Å². The summed E-state index contributed by atoms with van der Waals surface area (Å²) < 4.78 is 0. The van der Waals surface area contributed by atoms with Gasteiger partial charge in [-0.15, -0.1) is 0 Å². The van der Waals surface area contributed by atoms with E-state index in [1.54, 1.807) is 0 Å². The van der Waals surface area contributed by atoms with E-state index in [-0.39, 0.29) is 0 Å². The van der Waals surface area contributed by atoms with E-state index in [1.165, 1.54) is 0 Å². The molecular formula is Cl5HgSn. The molecule has 7 heavy (non-hydrogen) atoms. The van der Waals surface area contributed by atoms with Crippen molar-refractivity contribution in [2.75, 3.05) is 0 Å². The molecule has 0 atom stereocenters. The van der Waals surface area contributed by atoms with Gasteiger partial charge in [-0.2, -0.15) is 0 Å². The maximum absolute atomic E-state index is 5.04. The van der Waals surface area contributed by atoms with Gasteiger partial charge in [0.15, 0.2) is 0 Å². The second-order valence-corrected chi connectivity index (χ2v) is 25.9. The fourth-order valence-electron chi connectivity index (χ4n) is 0. The quantitative estimate of drug-likeness (QED) is 0.453. The van der Waals surface area contributed by atoms with E-state index >= 15 is 0 Å². The van der Waals surface area contributed by atoms with E-state index in [4.69, 9.17) is 43.9 Å². The zero-order valence-electron chi connectivity index (χ0n) is 3.10. The molecular weight excluding hydrogens is 497 g/mol. The van der Waals surface area contributed by atoms with Gasteiger partial charge in [0.2, 0.25) is 0 Å². The van der Waals surface area contributed by atoms with Gasteiger partial charge >= 0.3 is 82.7 Å². The molecule has 0 bridgehead atoms. The molecule has 0 heterocycles. The monoisotopic (exact) mass is 497 g/mol. The van der Waals surface area contributed by atoms with Crippen molar-refractivity contribution >= 4 is 57.8 Å². The van der Waals surface area contributed by atoms with E-state index in [2.05, 4.69) is 0 Å². The maximum atomic E-state index is 5.04. The van der Waals surface area contributed by atoms with Crippen LogP contribution in [0, 0.1) is 0 Å². The molecule has 0 nitrogen and oxygen atoms in total. The Kier molecular flexibility index (Phi) is 13.4. The average molecular weight is 497 g/mol. The van der Waals surface area contributed by atoms with Crippen LogP contribution in [0.5, 0.6) is 0 Å². The van der Waals surface area contributed by atoms with Crippen molar-refractivity contribution < 1.29 is 24.9 Å². The molecule has 0 unspecified atom stereocenters. The Balaban J connectivity index is 0. The minimum atomic E-state index is -3.29. The Hall–Kier alpha value is 3.18. The molecule has 0 aliphatic heterocycles. The van der Waals surface area contributed by atoms with Crippen LogP contribution in [0.2, 0.25) is 0 Å². The summed E-state index contributed by atoms with van der Waals surface area (Å²) in [5, 5.41) is 0. The van der Waals surface area contributed by atoms with Crippen LogP contribution < -0.4 is 0 Å². The topological polar surface area (TPSA) is 0 Å². The molecule has 0 aromatic rings. The number of halogens is 5. The normalized spacial score (nSPS) is 9.57. The summed E-state index contributed by atoms with van der Waals surface area (Å²) in [6.07, 6.45) is 0. The summed E-state index contributed by atoms with van der Waals surface area (Å²) in [4.78, 5) is 0. The van der Waals surface area contributed by atoms with Crippen molar-refractivity contribution in [3.8, 4) is 0 Å². The van der Waals surface area contributed by atoms with Crippen molar-refractivity contribution in [1.29, 1.82) is 0 Å². The first-order chi connectivity index (χ1) is 3.00. The molecule has 0 aliphatic carbocycles. The first kappa shape index (κ1) is 12.8. The van der Waals surface area contributed by atoms with Gasteiger partial charge in [-0.3, -0.25) is 0 Å². The third-order valence-electron chi connectivity index (χ3n) is 0. The minimum absolute atomic E-state index is 0.500. The second kappa shape index (κ2) is 7.29. The molecule has 0 saturated carbocycles. The molecule has 0 N–H and O–H groups in total. The fraction of sp³-hybridized carbons (Fsp3) is 0. The van der Waals surface area contributed by atoms with Gasteiger partial charge in [0, 0.05) is 0 Å². The van der Waals surface area contributed by atoms with Crippen LogP contribution in [0.4, 0.5) is 0 Å². The zero-order valence-corrected chi connectivity index (χ0v) is 15.2. The van der Waals surface area contributed by atoms with Gasteiger partial charge < -0.3 is 0 Å². The molecule has 7 heteroatoms. The standard InChI is InChI=1S/5ClH.Hg.Sn/h5*1H;;/q;;;;;+1;+4/p-5. The summed E-state index contributed by atoms with van der Waals surface area (Å²) in [5.74, 6) is 0. The molecule has 0 saturated heterocycles. The van der Waals surface area contributed by atoms with Gasteiger partial charge in [0.1, 0.15) is 0 Å². The van der Waals surface area contributed by atoms with E-state index in [9.17, 15) is 0 Å². The molecule has 0 aromatic heterocycles. The van der Waals surface area contributed by atoms with E-state index in [1.807, 2.05) is 0 Å². The average Bonchev–Trinajstić information content (AvgIpc) is 1.36. The Morgan fingerprint density at radius 3 is 0.857 bits per heavy atom. The zero-order chi connectivity index (χ0) is 6.50. The molecule has 0 aromatic carbocycles. The summed E-state index contributed by atoms with van der Waals surface area (Å²) in [7, 11) is 25.0. The number of hydrogen-bond acceptors (Lipinski definition) is 0. The van der Waals surface area contributed by atoms with Crippen LogP contribution in [0.15, 0.2) is 0 Å². The van der Waals surface area contributed by atoms with E-state index in [0.717, 1.165) is 0 Å². The van der Waals surface area contributed by atoms with E-state index in [0.29, 0.717) is 24.9 Å². The molecule has 0 aliphatic rings. The van der Waals surface area contributed by atoms with Gasteiger partial charge in [-0.25, -0.2) is 0 Å². The van der Waals surface area contributed by atoms with Gasteiger partial charge in [-0.1, -0.05) is 0 Å². The molecule has 41 valence electrons. The first-order valence-corrected chi connectivity index (χ1v) is 22.2. The third-order valence-corrected chi connectivity index (χ3v) is 0. The van der Waals surface area contributed by atoms with Gasteiger partial charge in [0.05, 0.1) is 0 Å². The predicted molar refractivity (Wildman–Crippen MR) is 35.0 cm³/mol. The fourth-order valence-corrected chi connectivity index (χ4v) is 0. The Morgan fingerprint density at radius 2 is 0.857 bits per heavy atom. The number of rotatable bonds is 0. The van der Waals surface area contributed by atoms with Crippen LogP contribution in [-0.4, -0.2) is 13.9 Å². The van der Waals surface area contributed by atoms with Crippen molar-refractivity contribution in [3.05, 3.63) is 0 Å². The molecule has 0 spiro atoms. The summed E-state index contributed by atoms with van der Waals surface area (Å²) >= 11 is -2.79. The molecule has 0 amide bonds. The summed E-state index contributed by atoms with van der Waals surface area (Å²) in [6, 6.07) is 0. The summed E-state index contributed by atoms with van der Waals surface area (Å²) in [5.41, 5.74) is 0. The first-order valence-electron chi connectivity index (χ1n) is 1.02.